The average molecular weight is 488 g/mol. The van der Waals surface area contributed by atoms with Gasteiger partial charge in [-0.25, -0.2) is 22.9 Å². The molecule has 0 saturated heterocycles. The van der Waals surface area contributed by atoms with Crippen LogP contribution in [0.3, 0.4) is 0 Å². The van der Waals surface area contributed by atoms with E-state index in [0.717, 1.165) is 12.3 Å². The van der Waals surface area contributed by atoms with E-state index < -0.39 is 21.9 Å². The number of carbonyl (C=O) groups is 3. The molecule has 3 rings (SSSR count). The molecule has 3 aromatic rings. The smallest absolute Gasteiger partial charge is 0.354 e. The van der Waals surface area contributed by atoms with Gasteiger partial charge in [-0.2, -0.15) is 0 Å². The topological polar surface area (TPSA) is 143 Å². The van der Waals surface area contributed by atoms with E-state index in [1.165, 1.54) is 24.3 Å². The van der Waals surface area contributed by atoms with E-state index in [2.05, 4.69) is 10.3 Å². The summed E-state index contributed by atoms with van der Waals surface area (Å²) in [6, 6.07) is 14.6. The normalized spacial score (nSPS) is 10.9. The molecule has 1 heterocycles. The van der Waals surface area contributed by atoms with E-state index in [4.69, 9.17) is 16.7 Å². The van der Waals surface area contributed by atoms with Gasteiger partial charge >= 0.3 is 5.97 Å². The van der Waals surface area contributed by atoms with Gasteiger partial charge in [-0.1, -0.05) is 23.7 Å². The van der Waals surface area contributed by atoms with Crippen LogP contribution in [0.25, 0.3) is 0 Å². The molecule has 9 nitrogen and oxygen atoms in total. The number of halogens is 1. The van der Waals surface area contributed by atoms with Crippen LogP contribution in [0.4, 0.5) is 0 Å². The number of nitrogens with zero attached hydrogens (tertiary/aromatic N) is 1. The zero-order valence-electron chi connectivity index (χ0n) is 17.0. The van der Waals surface area contributed by atoms with E-state index in [0.29, 0.717) is 22.6 Å². The van der Waals surface area contributed by atoms with Crippen LogP contribution < -0.4 is 10.0 Å². The van der Waals surface area contributed by atoms with Crippen molar-refractivity contribution in [3.05, 3.63) is 94.3 Å². The molecular formula is C22H18ClN3O6S. The summed E-state index contributed by atoms with van der Waals surface area (Å²) in [4.78, 5) is 38.7. The maximum Gasteiger partial charge on any atom is 0.354 e. The van der Waals surface area contributed by atoms with Crippen LogP contribution in [0.2, 0.25) is 5.02 Å². The molecule has 0 aliphatic heterocycles. The standard InChI is InChI=1S/C22H18ClN3O6S/c23-17-7-4-15(5-8-17)20(27)24-11-10-14-2-1-3-18(12-14)33(31,32)26-21(28)16-6-9-19(22(29)30)25-13-16/h1-9,12-13H,10-11H2,(H,24,27)(H,26,28)(H,29,30). The third-order valence-corrected chi connectivity index (χ3v) is 6.07. The van der Waals surface area contributed by atoms with Crippen molar-refractivity contribution in [2.75, 3.05) is 6.54 Å². The summed E-state index contributed by atoms with van der Waals surface area (Å²) in [5, 5.41) is 12.1. The lowest BCUT2D eigenvalue weighted by atomic mass is 10.1. The van der Waals surface area contributed by atoms with Gasteiger partial charge in [0.05, 0.1) is 10.5 Å². The number of carboxylic acids is 1. The van der Waals surface area contributed by atoms with Crippen molar-refractivity contribution in [2.24, 2.45) is 0 Å². The van der Waals surface area contributed by atoms with Gasteiger partial charge in [-0.15, -0.1) is 0 Å². The molecule has 2 amide bonds. The summed E-state index contributed by atoms with van der Waals surface area (Å²) in [6.07, 6.45) is 1.34. The summed E-state index contributed by atoms with van der Waals surface area (Å²) >= 11 is 5.80. The van der Waals surface area contributed by atoms with Crippen LogP contribution in [0.5, 0.6) is 0 Å². The van der Waals surface area contributed by atoms with Crippen molar-refractivity contribution in [3.63, 3.8) is 0 Å². The van der Waals surface area contributed by atoms with Crippen molar-refractivity contribution in [1.29, 1.82) is 0 Å². The van der Waals surface area contributed by atoms with Crippen LogP contribution in [-0.4, -0.2) is 42.8 Å². The number of aromatic carboxylic acids is 1. The highest BCUT2D eigenvalue weighted by Crippen LogP contribution is 2.13. The number of amides is 2. The summed E-state index contributed by atoms with van der Waals surface area (Å²) in [5.74, 6) is -2.50. The van der Waals surface area contributed by atoms with Crippen LogP contribution >= 0.6 is 11.6 Å². The van der Waals surface area contributed by atoms with E-state index in [9.17, 15) is 22.8 Å². The lowest BCUT2D eigenvalue weighted by Crippen LogP contribution is -2.31. The highest BCUT2D eigenvalue weighted by molar-refractivity contribution is 7.90. The fourth-order valence-electron chi connectivity index (χ4n) is 2.79. The number of carbonyl (C=O) groups excluding carboxylic acids is 2. The number of sulfonamides is 1. The predicted molar refractivity (Wildman–Crippen MR) is 120 cm³/mol. The number of nitrogens with one attached hydrogen (secondary N) is 2. The minimum atomic E-state index is -4.19. The molecule has 3 N–H and O–H groups in total. The number of aromatic nitrogens is 1. The number of benzene rings is 2. The molecule has 0 aliphatic carbocycles. The quantitative estimate of drug-likeness (QED) is 0.443. The van der Waals surface area contributed by atoms with Crippen LogP contribution in [0.1, 0.15) is 36.8 Å². The van der Waals surface area contributed by atoms with Crippen molar-refractivity contribution in [2.45, 2.75) is 11.3 Å². The summed E-state index contributed by atoms with van der Waals surface area (Å²) in [5.41, 5.74) is 0.702. The molecule has 33 heavy (non-hydrogen) atoms. The van der Waals surface area contributed by atoms with Gasteiger partial charge in [0.2, 0.25) is 0 Å². The second-order valence-corrected chi connectivity index (χ2v) is 8.95. The molecule has 0 aliphatic rings. The Morgan fingerprint density at radius 1 is 0.939 bits per heavy atom. The molecule has 1 aromatic heterocycles. The second-order valence-electron chi connectivity index (χ2n) is 6.83. The van der Waals surface area contributed by atoms with E-state index in [1.807, 2.05) is 4.72 Å². The van der Waals surface area contributed by atoms with Gasteiger partial charge in [-0.05, 0) is 60.5 Å². The first-order valence-corrected chi connectivity index (χ1v) is 11.4. The number of hydrogen-bond acceptors (Lipinski definition) is 6. The van der Waals surface area contributed by atoms with Gasteiger partial charge in [0.25, 0.3) is 21.8 Å². The third-order valence-electron chi connectivity index (χ3n) is 4.49. The van der Waals surface area contributed by atoms with E-state index in [-0.39, 0.29) is 28.6 Å². The highest BCUT2D eigenvalue weighted by atomic mass is 35.5. The van der Waals surface area contributed by atoms with Crippen LogP contribution in [-0.2, 0) is 16.4 Å². The Kier molecular flexibility index (Phi) is 7.41. The summed E-state index contributed by atoms with van der Waals surface area (Å²) in [7, 11) is -4.19. The Morgan fingerprint density at radius 2 is 1.64 bits per heavy atom. The van der Waals surface area contributed by atoms with Gasteiger partial charge in [0.15, 0.2) is 0 Å². The van der Waals surface area contributed by atoms with Crippen molar-refractivity contribution >= 4 is 39.4 Å². The minimum absolute atomic E-state index is 0.107. The predicted octanol–water partition coefficient (Wildman–Crippen LogP) is 2.52. The number of hydrogen-bond donors (Lipinski definition) is 3. The first-order chi connectivity index (χ1) is 15.7. The number of carboxylic acid groups (broad SMARTS) is 1. The molecule has 0 bridgehead atoms. The molecule has 2 aromatic carbocycles. The maximum atomic E-state index is 12.6. The first-order valence-electron chi connectivity index (χ1n) is 9.55. The minimum Gasteiger partial charge on any atom is -0.477 e. The van der Waals surface area contributed by atoms with Crippen LogP contribution in [0, 0.1) is 0 Å². The average Bonchev–Trinajstić information content (AvgIpc) is 2.79. The van der Waals surface area contributed by atoms with Gasteiger partial charge in [0.1, 0.15) is 5.69 Å². The van der Waals surface area contributed by atoms with E-state index in [1.54, 1.807) is 30.3 Å². The van der Waals surface area contributed by atoms with Crippen molar-refractivity contribution < 1.29 is 27.9 Å². The highest BCUT2D eigenvalue weighted by Gasteiger charge is 2.20. The molecule has 0 saturated carbocycles. The van der Waals surface area contributed by atoms with Gasteiger partial charge in [-0.3, -0.25) is 9.59 Å². The van der Waals surface area contributed by atoms with Crippen molar-refractivity contribution in [1.82, 2.24) is 15.0 Å². The molecular weight excluding hydrogens is 470 g/mol. The zero-order valence-corrected chi connectivity index (χ0v) is 18.6. The lowest BCUT2D eigenvalue weighted by molar-refractivity contribution is 0.0689. The number of rotatable bonds is 8. The third kappa shape index (κ3) is 6.37. The molecule has 0 unspecified atom stereocenters. The summed E-state index contributed by atoms with van der Waals surface area (Å²) in [6.45, 7) is 0.263. The number of pyridine rings is 1. The lowest BCUT2D eigenvalue weighted by Gasteiger charge is -2.09. The maximum absolute atomic E-state index is 12.6. The Balaban J connectivity index is 1.62. The van der Waals surface area contributed by atoms with Crippen LogP contribution in [0.15, 0.2) is 71.8 Å². The second kappa shape index (κ2) is 10.2. The molecule has 0 atom stereocenters. The molecule has 170 valence electrons. The largest absolute Gasteiger partial charge is 0.477 e. The summed E-state index contributed by atoms with van der Waals surface area (Å²) < 4.78 is 27.2. The Hall–Kier alpha value is -3.76. The molecule has 11 heteroatoms. The zero-order chi connectivity index (χ0) is 24.0. The first kappa shape index (κ1) is 23.9. The Labute approximate surface area is 194 Å². The van der Waals surface area contributed by atoms with Gasteiger partial charge in [0, 0.05) is 23.3 Å². The molecule has 0 radical (unpaired) electrons. The Morgan fingerprint density at radius 3 is 2.27 bits per heavy atom. The monoisotopic (exact) mass is 487 g/mol. The SMILES string of the molecule is O=C(NCCc1cccc(S(=O)(=O)NC(=O)c2ccc(C(=O)O)nc2)c1)c1ccc(Cl)cc1. The fourth-order valence-corrected chi connectivity index (χ4v) is 3.96. The Bertz CT molecular complexity index is 1290. The van der Waals surface area contributed by atoms with Gasteiger partial charge < -0.3 is 10.4 Å². The molecule has 0 fully saturated rings. The van der Waals surface area contributed by atoms with E-state index >= 15 is 0 Å². The fraction of sp³-hybridized carbons (Fsp3) is 0.0909. The van der Waals surface area contributed by atoms with Crippen molar-refractivity contribution in [3.8, 4) is 0 Å². The molecule has 0 spiro atoms.